The quantitative estimate of drug-likeness (QED) is 0.877. The van der Waals surface area contributed by atoms with Gasteiger partial charge in [-0.15, -0.1) is 0 Å². The number of aliphatic hydroxyl groups excluding tert-OH is 1. The maximum Gasteiger partial charge on any atom is 0.258 e. The number of hydrogen-bond donors (Lipinski definition) is 1. The van der Waals surface area contributed by atoms with Crippen LogP contribution in [0.5, 0.6) is 0 Å². The zero-order valence-electron chi connectivity index (χ0n) is 11.4. The molecule has 1 aliphatic rings. The average molecular weight is 354 g/mol. The van der Waals surface area contributed by atoms with E-state index in [-0.39, 0.29) is 18.2 Å². The number of halogens is 1. The summed E-state index contributed by atoms with van der Waals surface area (Å²) in [6.07, 6.45) is 1.71. The Labute approximate surface area is 130 Å². The van der Waals surface area contributed by atoms with E-state index in [9.17, 15) is 9.90 Å². The third-order valence-electron chi connectivity index (χ3n) is 3.60. The summed E-state index contributed by atoms with van der Waals surface area (Å²) in [5.74, 6) is 0. The molecule has 1 N–H and O–H groups in total. The molecule has 0 saturated carbocycles. The minimum absolute atomic E-state index is 0.0380. The molecule has 0 aliphatic carbocycles. The number of ether oxygens (including phenoxy) is 1. The van der Waals surface area contributed by atoms with Gasteiger partial charge >= 0.3 is 0 Å². The van der Waals surface area contributed by atoms with Crippen molar-refractivity contribution < 1.29 is 9.84 Å². The van der Waals surface area contributed by atoms with Crippen molar-refractivity contribution >= 4 is 21.6 Å². The molecule has 3 heterocycles. The van der Waals surface area contributed by atoms with E-state index in [0.29, 0.717) is 31.1 Å². The minimum atomic E-state index is -0.106. The van der Waals surface area contributed by atoms with Crippen molar-refractivity contribution in [2.45, 2.75) is 12.6 Å². The number of rotatable bonds is 3. The molecule has 0 aromatic carbocycles. The van der Waals surface area contributed by atoms with Gasteiger partial charge in [0, 0.05) is 29.8 Å². The second-order valence-electron chi connectivity index (χ2n) is 5.04. The number of morpholine rings is 1. The van der Waals surface area contributed by atoms with Gasteiger partial charge in [-0.1, -0.05) is 0 Å². The van der Waals surface area contributed by atoms with Crippen molar-refractivity contribution in [2.24, 2.45) is 0 Å². The van der Waals surface area contributed by atoms with E-state index in [2.05, 4.69) is 25.8 Å². The largest absolute Gasteiger partial charge is 0.395 e. The number of fused-ring (bicyclic) bond motifs is 1. The van der Waals surface area contributed by atoms with Crippen molar-refractivity contribution in [1.82, 2.24) is 14.3 Å². The van der Waals surface area contributed by atoms with Crippen LogP contribution >= 0.6 is 15.9 Å². The van der Waals surface area contributed by atoms with Gasteiger partial charge in [0.15, 0.2) is 0 Å². The fourth-order valence-electron chi connectivity index (χ4n) is 2.48. The molecule has 112 valence electrons. The van der Waals surface area contributed by atoms with E-state index in [4.69, 9.17) is 4.74 Å². The Morgan fingerprint density at radius 2 is 2.33 bits per heavy atom. The Bertz CT molecular complexity index is 703. The molecule has 1 aliphatic heterocycles. The summed E-state index contributed by atoms with van der Waals surface area (Å²) in [6, 6.07) is 5.17. The molecule has 3 rings (SSSR count). The highest BCUT2D eigenvalue weighted by Crippen LogP contribution is 2.12. The Kier molecular flexibility index (Phi) is 4.34. The summed E-state index contributed by atoms with van der Waals surface area (Å²) < 4.78 is 7.70. The standard InChI is InChI=1S/C14H16BrN3O3/c15-10-1-2-13-16-11(5-14(20)18(13)6-10)7-17-3-4-21-9-12(17)8-19/h1-2,5-6,12,19H,3-4,7-9H2. The van der Waals surface area contributed by atoms with Crippen molar-refractivity contribution in [2.75, 3.05) is 26.4 Å². The third kappa shape index (κ3) is 3.16. The van der Waals surface area contributed by atoms with Gasteiger partial charge in [0.05, 0.1) is 31.6 Å². The van der Waals surface area contributed by atoms with Crippen molar-refractivity contribution in [1.29, 1.82) is 0 Å². The van der Waals surface area contributed by atoms with Crippen LogP contribution in [-0.4, -0.2) is 51.8 Å². The summed E-state index contributed by atoms with van der Waals surface area (Å²) in [7, 11) is 0. The van der Waals surface area contributed by atoms with Crippen LogP contribution in [0.3, 0.4) is 0 Å². The molecule has 7 heteroatoms. The monoisotopic (exact) mass is 353 g/mol. The molecule has 0 radical (unpaired) electrons. The van der Waals surface area contributed by atoms with Gasteiger partial charge in [0.25, 0.3) is 5.56 Å². The molecule has 0 bridgehead atoms. The lowest BCUT2D eigenvalue weighted by Crippen LogP contribution is -2.47. The summed E-state index contributed by atoms with van der Waals surface area (Å²) in [5.41, 5.74) is 1.22. The number of hydrogen-bond acceptors (Lipinski definition) is 5. The van der Waals surface area contributed by atoms with E-state index >= 15 is 0 Å². The molecule has 1 atom stereocenters. The maximum absolute atomic E-state index is 12.2. The van der Waals surface area contributed by atoms with Gasteiger partial charge in [-0.2, -0.15) is 0 Å². The summed E-state index contributed by atoms with van der Waals surface area (Å²) in [5, 5.41) is 9.38. The zero-order valence-corrected chi connectivity index (χ0v) is 13.0. The number of aromatic nitrogens is 2. The second-order valence-corrected chi connectivity index (χ2v) is 5.96. The Hall–Kier alpha value is -1.28. The molecule has 6 nitrogen and oxygen atoms in total. The van der Waals surface area contributed by atoms with Crippen LogP contribution in [0.25, 0.3) is 5.65 Å². The van der Waals surface area contributed by atoms with Crippen LogP contribution in [0.15, 0.2) is 33.7 Å². The molecular weight excluding hydrogens is 338 g/mol. The third-order valence-corrected chi connectivity index (χ3v) is 4.07. The van der Waals surface area contributed by atoms with Crippen LogP contribution < -0.4 is 5.56 Å². The maximum atomic E-state index is 12.2. The lowest BCUT2D eigenvalue weighted by atomic mass is 10.2. The molecule has 21 heavy (non-hydrogen) atoms. The highest BCUT2D eigenvalue weighted by molar-refractivity contribution is 9.10. The van der Waals surface area contributed by atoms with Gasteiger partial charge in [-0.05, 0) is 28.1 Å². The first-order chi connectivity index (χ1) is 10.2. The molecule has 1 fully saturated rings. The van der Waals surface area contributed by atoms with Gasteiger partial charge in [0.1, 0.15) is 5.65 Å². The number of nitrogens with zero attached hydrogens (tertiary/aromatic N) is 3. The molecule has 0 spiro atoms. The highest BCUT2D eigenvalue weighted by Gasteiger charge is 2.22. The first kappa shape index (κ1) is 14.6. The van der Waals surface area contributed by atoms with E-state index in [1.807, 2.05) is 6.07 Å². The van der Waals surface area contributed by atoms with Crippen molar-refractivity contribution in [3.8, 4) is 0 Å². The van der Waals surface area contributed by atoms with E-state index in [1.165, 1.54) is 4.40 Å². The van der Waals surface area contributed by atoms with Crippen molar-refractivity contribution in [3.63, 3.8) is 0 Å². The highest BCUT2D eigenvalue weighted by atomic mass is 79.9. The topological polar surface area (TPSA) is 67.1 Å². The first-order valence-electron chi connectivity index (χ1n) is 6.78. The molecular formula is C14H16BrN3O3. The molecule has 2 aromatic rings. The molecule has 1 saturated heterocycles. The van der Waals surface area contributed by atoms with Crippen molar-refractivity contribution in [3.05, 3.63) is 44.9 Å². The van der Waals surface area contributed by atoms with Crippen LogP contribution in [0.2, 0.25) is 0 Å². The van der Waals surface area contributed by atoms with Gasteiger partial charge in [-0.3, -0.25) is 14.1 Å². The summed E-state index contributed by atoms with van der Waals surface area (Å²) in [6.45, 7) is 2.45. The summed E-state index contributed by atoms with van der Waals surface area (Å²) >= 11 is 3.34. The molecule has 0 amide bonds. The second kappa shape index (κ2) is 6.23. The fraction of sp³-hybridized carbons (Fsp3) is 0.429. The molecule has 1 unspecified atom stereocenters. The first-order valence-corrected chi connectivity index (χ1v) is 7.57. The lowest BCUT2D eigenvalue weighted by molar-refractivity contribution is -0.0317. The normalized spacial score (nSPS) is 20.0. The predicted molar refractivity (Wildman–Crippen MR) is 81.3 cm³/mol. The van der Waals surface area contributed by atoms with Crippen LogP contribution in [0, 0.1) is 0 Å². The smallest absolute Gasteiger partial charge is 0.258 e. The van der Waals surface area contributed by atoms with Gasteiger partial charge in [-0.25, -0.2) is 4.98 Å². The van der Waals surface area contributed by atoms with Crippen LogP contribution in [0.1, 0.15) is 5.69 Å². The van der Waals surface area contributed by atoms with E-state index < -0.39 is 0 Å². The average Bonchev–Trinajstić information content (AvgIpc) is 2.49. The SMILES string of the molecule is O=c1cc(CN2CCOCC2CO)nc2ccc(Br)cn12. The van der Waals surface area contributed by atoms with E-state index in [0.717, 1.165) is 11.0 Å². The van der Waals surface area contributed by atoms with Gasteiger partial charge in [0.2, 0.25) is 0 Å². The van der Waals surface area contributed by atoms with Crippen LogP contribution in [-0.2, 0) is 11.3 Å². The lowest BCUT2D eigenvalue weighted by Gasteiger charge is -2.34. The molecule has 2 aromatic heterocycles. The summed E-state index contributed by atoms with van der Waals surface area (Å²) in [4.78, 5) is 18.8. The van der Waals surface area contributed by atoms with Crippen LogP contribution in [0.4, 0.5) is 0 Å². The number of aliphatic hydroxyl groups is 1. The Morgan fingerprint density at radius 3 is 3.14 bits per heavy atom. The van der Waals surface area contributed by atoms with E-state index in [1.54, 1.807) is 18.3 Å². The Morgan fingerprint density at radius 1 is 1.48 bits per heavy atom. The number of pyridine rings is 1. The Balaban J connectivity index is 1.90. The zero-order chi connectivity index (χ0) is 14.8. The minimum Gasteiger partial charge on any atom is -0.395 e. The fourth-order valence-corrected chi connectivity index (χ4v) is 2.82. The predicted octanol–water partition coefficient (Wildman–Crippen LogP) is 0.650. The van der Waals surface area contributed by atoms with Gasteiger partial charge < -0.3 is 9.84 Å².